The Hall–Kier alpha value is -3.09. The van der Waals surface area contributed by atoms with Crippen molar-refractivity contribution >= 4 is 5.91 Å². The third kappa shape index (κ3) is 2.62. The largest absolute Gasteiger partial charge is 0.288 e. The molecule has 0 unspecified atom stereocenters. The molecule has 2 heterocycles. The fourth-order valence-corrected chi connectivity index (χ4v) is 1.83. The first-order valence-corrected chi connectivity index (χ1v) is 6.11. The molecule has 7 heteroatoms. The monoisotopic (exact) mass is 283 g/mol. The molecule has 0 radical (unpaired) electrons. The summed E-state index contributed by atoms with van der Waals surface area (Å²) in [7, 11) is 0. The van der Waals surface area contributed by atoms with Crippen LogP contribution in [0.25, 0.3) is 11.4 Å². The van der Waals surface area contributed by atoms with E-state index in [-0.39, 0.29) is 5.69 Å². The van der Waals surface area contributed by atoms with Crippen molar-refractivity contribution in [2.45, 2.75) is 0 Å². The van der Waals surface area contributed by atoms with Gasteiger partial charge in [-0.25, -0.2) is 24.0 Å². The molecule has 0 atom stereocenters. The molecule has 0 aliphatic rings. The van der Waals surface area contributed by atoms with Crippen LogP contribution in [-0.4, -0.2) is 25.5 Å². The lowest BCUT2D eigenvalue weighted by atomic mass is 10.2. The lowest BCUT2D eigenvalue weighted by Gasteiger charge is -2.09. The van der Waals surface area contributed by atoms with Crippen LogP contribution in [0.15, 0.2) is 55.2 Å². The molecule has 104 valence electrons. The summed E-state index contributed by atoms with van der Waals surface area (Å²) in [4.78, 5) is 23.7. The third-order valence-electron chi connectivity index (χ3n) is 2.79. The SMILES string of the molecule is O=C(Nn1ccnc1-c1ccccc1F)c1ccncn1. The summed E-state index contributed by atoms with van der Waals surface area (Å²) in [5.74, 6) is -0.551. The van der Waals surface area contributed by atoms with Crippen molar-refractivity contribution in [1.82, 2.24) is 19.6 Å². The van der Waals surface area contributed by atoms with E-state index in [9.17, 15) is 9.18 Å². The van der Waals surface area contributed by atoms with Gasteiger partial charge in [0.1, 0.15) is 17.8 Å². The van der Waals surface area contributed by atoms with Gasteiger partial charge in [0.25, 0.3) is 5.91 Å². The van der Waals surface area contributed by atoms with E-state index >= 15 is 0 Å². The van der Waals surface area contributed by atoms with Gasteiger partial charge in [0, 0.05) is 18.6 Å². The van der Waals surface area contributed by atoms with Crippen LogP contribution in [-0.2, 0) is 0 Å². The van der Waals surface area contributed by atoms with E-state index in [1.165, 1.54) is 41.7 Å². The number of hydrogen-bond acceptors (Lipinski definition) is 4. The molecule has 3 aromatic rings. The summed E-state index contributed by atoms with van der Waals surface area (Å²) < 4.78 is 15.2. The first-order chi connectivity index (χ1) is 10.3. The third-order valence-corrected chi connectivity index (χ3v) is 2.79. The molecule has 0 bridgehead atoms. The van der Waals surface area contributed by atoms with E-state index in [0.29, 0.717) is 11.4 Å². The highest BCUT2D eigenvalue weighted by atomic mass is 19.1. The average Bonchev–Trinajstić information content (AvgIpc) is 2.96. The van der Waals surface area contributed by atoms with Gasteiger partial charge < -0.3 is 0 Å². The van der Waals surface area contributed by atoms with Gasteiger partial charge in [-0.3, -0.25) is 10.2 Å². The number of imidazole rings is 1. The zero-order chi connectivity index (χ0) is 14.7. The molecule has 0 saturated carbocycles. The Labute approximate surface area is 119 Å². The fourth-order valence-electron chi connectivity index (χ4n) is 1.83. The van der Waals surface area contributed by atoms with Crippen LogP contribution in [0.4, 0.5) is 4.39 Å². The summed E-state index contributed by atoms with van der Waals surface area (Å²) in [6.07, 6.45) is 5.75. The van der Waals surface area contributed by atoms with Gasteiger partial charge >= 0.3 is 0 Å². The second kappa shape index (κ2) is 5.49. The number of hydrogen-bond donors (Lipinski definition) is 1. The zero-order valence-corrected chi connectivity index (χ0v) is 10.8. The van der Waals surface area contributed by atoms with Crippen LogP contribution in [0, 0.1) is 5.82 Å². The van der Waals surface area contributed by atoms with Gasteiger partial charge in [0.05, 0.1) is 5.56 Å². The summed E-state index contributed by atoms with van der Waals surface area (Å²) in [6.45, 7) is 0. The normalized spacial score (nSPS) is 10.3. The number of benzene rings is 1. The smallest absolute Gasteiger partial charge is 0.266 e. The van der Waals surface area contributed by atoms with Gasteiger partial charge in [-0.1, -0.05) is 12.1 Å². The van der Waals surface area contributed by atoms with E-state index in [2.05, 4.69) is 20.4 Å². The number of nitrogens with zero attached hydrogens (tertiary/aromatic N) is 4. The number of halogens is 1. The van der Waals surface area contributed by atoms with Crippen LogP contribution >= 0.6 is 0 Å². The topological polar surface area (TPSA) is 72.7 Å². The number of carbonyl (C=O) groups is 1. The molecule has 1 aromatic carbocycles. The molecule has 2 aromatic heterocycles. The highest BCUT2D eigenvalue weighted by Crippen LogP contribution is 2.19. The van der Waals surface area contributed by atoms with Gasteiger partial charge in [0.2, 0.25) is 0 Å². The molecule has 1 N–H and O–H groups in total. The van der Waals surface area contributed by atoms with E-state index < -0.39 is 11.7 Å². The first kappa shape index (κ1) is 12.9. The van der Waals surface area contributed by atoms with E-state index in [1.54, 1.807) is 18.2 Å². The minimum absolute atomic E-state index is 0.207. The molecule has 0 spiro atoms. The number of rotatable bonds is 3. The molecular weight excluding hydrogens is 273 g/mol. The molecule has 3 rings (SSSR count). The van der Waals surface area contributed by atoms with E-state index in [4.69, 9.17) is 0 Å². The highest BCUT2D eigenvalue weighted by Gasteiger charge is 2.13. The Morgan fingerprint density at radius 1 is 1.14 bits per heavy atom. The molecule has 21 heavy (non-hydrogen) atoms. The Balaban J connectivity index is 1.90. The molecule has 0 aliphatic heterocycles. The van der Waals surface area contributed by atoms with E-state index in [1.807, 2.05) is 0 Å². The van der Waals surface area contributed by atoms with Crippen molar-refractivity contribution in [3.05, 3.63) is 66.8 Å². The fraction of sp³-hybridized carbons (Fsp3) is 0. The molecular formula is C14H10FN5O. The average molecular weight is 283 g/mol. The predicted molar refractivity (Wildman–Crippen MR) is 73.3 cm³/mol. The van der Waals surface area contributed by atoms with Crippen molar-refractivity contribution in [2.24, 2.45) is 0 Å². The second-order valence-corrected chi connectivity index (χ2v) is 4.14. The van der Waals surface area contributed by atoms with Gasteiger partial charge in [-0.15, -0.1) is 0 Å². The van der Waals surface area contributed by atoms with E-state index in [0.717, 1.165) is 0 Å². The van der Waals surface area contributed by atoms with Crippen molar-refractivity contribution < 1.29 is 9.18 Å². The lowest BCUT2D eigenvalue weighted by molar-refractivity contribution is 0.100. The molecule has 0 fully saturated rings. The summed E-state index contributed by atoms with van der Waals surface area (Å²) in [5.41, 5.74) is 3.09. The van der Waals surface area contributed by atoms with Crippen molar-refractivity contribution in [3.63, 3.8) is 0 Å². The van der Waals surface area contributed by atoms with Crippen molar-refractivity contribution in [1.29, 1.82) is 0 Å². The standard InChI is InChI=1S/C14H10FN5O/c15-11-4-2-1-3-10(11)13-17-7-8-20(13)19-14(21)12-5-6-16-9-18-12/h1-9H,(H,19,21). The van der Waals surface area contributed by atoms with Gasteiger partial charge in [-0.05, 0) is 18.2 Å². The van der Waals surface area contributed by atoms with Crippen LogP contribution in [0.5, 0.6) is 0 Å². The van der Waals surface area contributed by atoms with Crippen LogP contribution in [0.1, 0.15) is 10.5 Å². The Kier molecular flexibility index (Phi) is 3.38. The molecule has 0 aliphatic carbocycles. The molecule has 0 saturated heterocycles. The van der Waals surface area contributed by atoms with Crippen LogP contribution < -0.4 is 5.43 Å². The lowest BCUT2D eigenvalue weighted by Crippen LogP contribution is -2.24. The zero-order valence-electron chi connectivity index (χ0n) is 10.8. The minimum Gasteiger partial charge on any atom is -0.266 e. The maximum absolute atomic E-state index is 13.8. The Morgan fingerprint density at radius 2 is 2.00 bits per heavy atom. The quantitative estimate of drug-likeness (QED) is 0.796. The second-order valence-electron chi connectivity index (χ2n) is 4.14. The number of aromatic nitrogens is 4. The Morgan fingerprint density at radius 3 is 2.76 bits per heavy atom. The maximum Gasteiger partial charge on any atom is 0.288 e. The van der Waals surface area contributed by atoms with Crippen molar-refractivity contribution in [2.75, 3.05) is 5.43 Å². The number of carbonyl (C=O) groups excluding carboxylic acids is 1. The van der Waals surface area contributed by atoms with Crippen LogP contribution in [0.2, 0.25) is 0 Å². The van der Waals surface area contributed by atoms with Gasteiger partial charge in [-0.2, -0.15) is 0 Å². The minimum atomic E-state index is -0.437. The summed E-state index contributed by atoms with van der Waals surface area (Å²) in [6, 6.07) is 7.69. The molecule has 1 amide bonds. The first-order valence-electron chi connectivity index (χ1n) is 6.11. The van der Waals surface area contributed by atoms with Crippen molar-refractivity contribution in [3.8, 4) is 11.4 Å². The maximum atomic E-state index is 13.8. The molecule has 6 nitrogen and oxygen atoms in total. The summed E-state index contributed by atoms with van der Waals surface area (Å²) in [5, 5.41) is 0. The number of amides is 1. The summed E-state index contributed by atoms with van der Waals surface area (Å²) >= 11 is 0. The number of nitrogens with one attached hydrogen (secondary N) is 1. The predicted octanol–water partition coefficient (Wildman–Crippen LogP) is 1.86. The van der Waals surface area contributed by atoms with Gasteiger partial charge in [0.15, 0.2) is 5.82 Å². The van der Waals surface area contributed by atoms with Crippen LogP contribution in [0.3, 0.4) is 0 Å². The highest BCUT2D eigenvalue weighted by molar-refractivity contribution is 5.98. The Bertz CT molecular complexity index is 772.